The van der Waals surface area contributed by atoms with Crippen LogP contribution in [0.25, 0.3) is 0 Å². The Morgan fingerprint density at radius 3 is 2.68 bits per heavy atom. The van der Waals surface area contributed by atoms with E-state index in [0.29, 0.717) is 11.9 Å². The lowest BCUT2D eigenvalue weighted by molar-refractivity contribution is -0.141. The van der Waals surface area contributed by atoms with Crippen molar-refractivity contribution in [1.82, 2.24) is 10.2 Å². The Morgan fingerprint density at radius 2 is 2.05 bits per heavy atom. The second-order valence-corrected chi connectivity index (χ2v) is 5.82. The molecule has 1 amide bonds. The van der Waals surface area contributed by atoms with E-state index in [2.05, 4.69) is 31.0 Å². The van der Waals surface area contributed by atoms with E-state index in [0.717, 1.165) is 51.8 Å². The molecule has 2 unspecified atom stereocenters. The predicted octanol–water partition coefficient (Wildman–Crippen LogP) is 1.93. The van der Waals surface area contributed by atoms with Crippen LogP contribution in [0.5, 0.6) is 0 Å². The molecule has 0 aromatic carbocycles. The normalized spacial score (nSPS) is 30.9. The Hall–Kier alpha value is -0.610. The summed E-state index contributed by atoms with van der Waals surface area (Å²) in [5, 5.41) is 3.29. The third-order valence-electron chi connectivity index (χ3n) is 4.89. The van der Waals surface area contributed by atoms with Gasteiger partial charge in [0.2, 0.25) is 5.91 Å². The number of amides is 1. The number of rotatable bonds is 5. The topological polar surface area (TPSA) is 41.6 Å². The van der Waals surface area contributed by atoms with Crippen molar-refractivity contribution in [2.45, 2.75) is 70.6 Å². The summed E-state index contributed by atoms with van der Waals surface area (Å²) in [7, 11) is 0. The minimum Gasteiger partial charge on any atom is -0.375 e. The molecule has 19 heavy (non-hydrogen) atoms. The molecule has 0 aromatic rings. The molecular weight excluding hydrogens is 240 g/mol. The molecule has 0 bridgehead atoms. The fourth-order valence-corrected chi connectivity index (χ4v) is 3.51. The van der Waals surface area contributed by atoms with Crippen LogP contribution < -0.4 is 5.32 Å². The van der Waals surface area contributed by atoms with Crippen LogP contribution in [-0.4, -0.2) is 48.2 Å². The number of hydrogen-bond acceptors (Lipinski definition) is 3. The van der Waals surface area contributed by atoms with Gasteiger partial charge in [0.05, 0.1) is 11.6 Å². The van der Waals surface area contributed by atoms with E-state index >= 15 is 0 Å². The van der Waals surface area contributed by atoms with Gasteiger partial charge in [-0.05, 0) is 38.6 Å². The zero-order valence-electron chi connectivity index (χ0n) is 12.6. The molecule has 110 valence electrons. The maximum Gasteiger partial charge on any atom is 0.240 e. The molecule has 4 heteroatoms. The average Bonchev–Trinajstić information content (AvgIpc) is 2.81. The monoisotopic (exact) mass is 268 g/mol. The summed E-state index contributed by atoms with van der Waals surface area (Å²) in [6.07, 6.45) is 5.03. The molecule has 2 heterocycles. The summed E-state index contributed by atoms with van der Waals surface area (Å²) in [6.45, 7) is 9.01. The zero-order valence-corrected chi connectivity index (χ0v) is 12.6. The molecule has 0 spiro atoms. The zero-order chi connectivity index (χ0) is 13.9. The van der Waals surface area contributed by atoms with E-state index in [-0.39, 0.29) is 11.6 Å². The molecule has 0 aliphatic carbocycles. The predicted molar refractivity (Wildman–Crippen MR) is 76.1 cm³/mol. The lowest BCUT2D eigenvalue weighted by Crippen LogP contribution is -2.50. The van der Waals surface area contributed by atoms with Crippen LogP contribution in [-0.2, 0) is 9.53 Å². The largest absolute Gasteiger partial charge is 0.375 e. The van der Waals surface area contributed by atoms with Crippen molar-refractivity contribution in [3.05, 3.63) is 0 Å². The fourth-order valence-electron chi connectivity index (χ4n) is 3.51. The van der Waals surface area contributed by atoms with Crippen LogP contribution in [0.1, 0.15) is 52.9 Å². The van der Waals surface area contributed by atoms with E-state index < -0.39 is 0 Å². The second-order valence-electron chi connectivity index (χ2n) is 5.82. The van der Waals surface area contributed by atoms with Gasteiger partial charge >= 0.3 is 0 Å². The highest BCUT2D eigenvalue weighted by Gasteiger charge is 2.41. The van der Waals surface area contributed by atoms with Gasteiger partial charge in [0.25, 0.3) is 0 Å². The van der Waals surface area contributed by atoms with Gasteiger partial charge in [0.1, 0.15) is 0 Å². The van der Waals surface area contributed by atoms with Crippen molar-refractivity contribution in [1.29, 1.82) is 0 Å². The van der Waals surface area contributed by atoms with Crippen LogP contribution >= 0.6 is 0 Å². The number of carbonyl (C=O) groups excluding carboxylic acids is 1. The maximum atomic E-state index is 12.4. The standard InChI is InChI=1S/C15H28N2O2/c1-4-15(5-2)11-12(8-10-19-15)17-9-7-13(14(17)18)16-6-3/h12-13,16H,4-11H2,1-3H3. The summed E-state index contributed by atoms with van der Waals surface area (Å²) >= 11 is 0. The molecule has 4 nitrogen and oxygen atoms in total. The first-order valence-corrected chi connectivity index (χ1v) is 7.83. The summed E-state index contributed by atoms with van der Waals surface area (Å²) in [5.74, 6) is 0.301. The Balaban J connectivity index is 2.00. The Labute approximate surface area is 116 Å². The molecule has 0 radical (unpaired) electrons. The molecule has 2 rings (SSSR count). The van der Waals surface area contributed by atoms with Gasteiger partial charge in [-0.1, -0.05) is 20.8 Å². The van der Waals surface area contributed by atoms with Gasteiger partial charge < -0.3 is 15.0 Å². The first kappa shape index (κ1) is 14.8. The van der Waals surface area contributed by atoms with Gasteiger partial charge in [-0.3, -0.25) is 4.79 Å². The summed E-state index contributed by atoms with van der Waals surface area (Å²) in [4.78, 5) is 14.5. The maximum absolute atomic E-state index is 12.4. The summed E-state index contributed by atoms with van der Waals surface area (Å²) in [6, 6.07) is 0.426. The van der Waals surface area contributed by atoms with Crippen molar-refractivity contribution in [2.75, 3.05) is 19.7 Å². The molecular formula is C15H28N2O2. The van der Waals surface area contributed by atoms with Gasteiger partial charge in [0, 0.05) is 19.2 Å². The van der Waals surface area contributed by atoms with Crippen LogP contribution in [0, 0.1) is 0 Å². The highest BCUT2D eigenvalue weighted by molar-refractivity contribution is 5.84. The number of likely N-dealkylation sites (tertiary alicyclic amines) is 1. The third-order valence-corrected chi connectivity index (χ3v) is 4.89. The van der Waals surface area contributed by atoms with Gasteiger partial charge in [0.15, 0.2) is 0 Å². The molecule has 0 aromatic heterocycles. The number of nitrogens with zero attached hydrogens (tertiary/aromatic N) is 1. The van der Waals surface area contributed by atoms with Crippen LogP contribution in [0.4, 0.5) is 0 Å². The van der Waals surface area contributed by atoms with E-state index in [4.69, 9.17) is 4.74 Å². The van der Waals surface area contributed by atoms with Crippen molar-refractivity contribution in [2.24, 2.45) is 0 Å². The van der Waals surface area contributed by atoms with Crippen LogP contribution in [0.2, 0.25) is 0 Å². The quantitative estimate of drug-likeness (QED) is 0.828. The van der Waals surface area contributed by atoms with Crippen LogP contribution in [0.3, 0.4) is 0 Å². The summed E-state index contributed by atoms with van der Waals surface area (Å²) < 4.78 is 6.01. The lowest BCUT2D eigenvalue weighted by Gasteiger charge is -2.43. The van der Waals surface area contributed by atoms with Gasteiger partial charge in [-0.25, -0.2) is 0 Å². The Bertz CT molecular complexity index is 315. The molecule has 2 atom stereocenters. The van der Waals surface area contributed by atoms with Gasteiger partial charge in [-0.2, -0.15) is 0 Å². The molecule has 2 saturated heterocycles. The highest BCUT2D eigenvalue weighted by Crippen LogP contribution is 2.34. The van der Waals surface area contributed by atoms with Gasteiger partial charge in [-0.15, -0.1) is 0 Å². The molecule has 2 fully saturated rings. The van der Waals surface area contributed by atoms with Crippen molar-refractivity contribution >= 4 is 5.91 Å². The second kappa shape index (κ2) is 6.23. The highest BCUT2D eigenvalue weighted by atomic mass is 16.5. The number of likely N-dealkylation sites (N-methyl/N-ethyl adjacent to an activating group) is 1. The van der Waals surface area contributed by atoms with E-state index in [1.54, 1.807) is 0 Å². The molecule has 0 saturated carbocycles. The Kier molecular flexibility index (Phi) is 4.85. The smallest absolute Gasteiger partial charge is 0.240 e. The SMILES string of the molecule is CCNC1CCN(C2CCOC(CC)(CC)C2)C1=O. The fraction of sp³-hybridized carbons (Fsp3) is 0.933. The van der Waals surface area contributed by atoms with E-state index in [9.17, 15) is 4.79 Å². The first-order valence-electron chi connectivity index (χ1n) is 7.83. The van der Waals surface area contributed by atoms with Crippen molar-refractivity contribution in [3.8, 4) is 0 Å². The van der Waals surface area contributed by atoms with Crippen LogP contribution in [0.15, 0.2) is 0 Å². The Morgan fingerprint density at radius 1 is 1.32 bits per heavy atom. The summed E-state index contributed by atoms with van der Waals surface area (Å²) in [5.41, 5.74) is -0.000528. The molecule has 1 N–H and O–H groups in total. The third kappa shape index (κ3) is 2.95. The number of carbonyl (C=O) groups is 1. The number of hydrogen-bond donors (Lipinski definition) is 1. The minimum atomic E-state index is -0.000528. The van der Waals surface area contributed by atoms with Crippen molar-refractivity contribution < 1.29 is 9.53 Å². The number of nitrogens with one attached hydrogen (secondary N) is 1. The minimum absolute atomic E-state index is 0.000528. The van der Waals surface area contributed by atoms with E-state index in [1.807, 2.05) is 0 Å². The number of ether oxygens (including phenoxy) is 1. The lowest BCUT2D eigenvalue weighted by atomic mass is 9.85. The van der Waals surface area contributed by atoms with E-state index in [1.165, 1.54) is 0 Å². The molecule has 2 aliphatic rings. The molecule has 2 aliphatic heterocycles. The first-order chi connectivity index (χ1) is 9.15. The van der Waals surface area contributed by atoms with Crippen molar-refractivity contribution in [3.63, 3.8) is 0 Å². The average molecular weight is 268 g/mol.